The Morgan fingerprint density at radius 2 is 1.09 bits per heavy atom. The molecule has 0 aromatic heterocycles. The molecule has 11 nitrogen and oxygen atoms in total. The fourth-order valence-electron chi connectivity index (χ4n) is 4.48. The number of aliphatic hydroxyl groups excluding tert-OH is 7. The third-order valence-electron chi connectivity index (χ3n) is 6.74. The first-order chi connectivity index (χ1) is 16.8. The second-order valence-corrected chi connectivity index (χ2v) is 9.56. The van der Waals surface area contributed by atoms with Crippen LogP contribution >= 0.6 is 0 Å². The number of unbranched alkanes of at least 4 members (excludes halogenated alkanes) is 9. The lowest BCUT2D eigenvalue weighted by molar-refractivity contribution is -0.359. The van der Waals surface area contributed by atoms with Gasteiger partial charge in [-0.1, -0.05) is 64.7 Å². The van der Waals surface area contributed by atoms with Crippen molar-refractivity contribution >= 4 is 0 Å². The van der Waals surface area contributed by atoms with Crippen LogP contribution in [0.3, 0.4) is 0 Å². The van der Waals surface area contributed by atoms with E-state index in [1.807, 2.05) is 0 Å². The van der Waals surface area contributed by atoms with Crippen molar-refractivity contribution in [2.45, 2.75) is 133 Å². The molecule has 2 aliphatic heterocycles. The zero-order valence-electron chi connectivity index (χ0n) is 20.7. The molecule has 7 N–H and O–H groups in total. The predicted octanol–water partition coefficient (Wildman–Crippen LogP) is -0.452. The molecular weight excluding hydrogens is 464 g/mol. The van der Waals surface area contributed by atoms with E-state index in [1.54, 1.807) is 0 Å². The molecular formula is C24H46O11. The van der Waals surface area contributed by atoms with Gasteiger partial charge in [0.15, 0.2) is 12.6 Å². The summed E-state index contributed by atoms with van der Waals surface area (Å²) in [5.41, 5.74) is 0. The molecule has 0 bridgehead atoms. The smallest absolute Gasteiger partial charge is 0.187 e. The first-order valence-corrected chi connectivity index (χ1v) is 13.1. The summed E-state index contributed by atoms with van der Waals surface area (Å²) in [6.07, 6.45) is -2.63. The highest BCUT2D eigenvalue weighted by atomic mass is 16.7. The highest BCUT2D eigenvalue weighted by Gasteiger charge is 2.50. The molecule has 2 saturated heterocycles. The van der Waals surface area contributed by atoms with Crippen LogP contribution in [0.5, 0.6) is 0 Å². The van der Waals surface area contributed by atoms with Gasteiger partial charge in [-0.15, -0.1) is 0 Å². The van der Waals surface area contributed by atoms with Crippen molar-refractivity contribution in [1.82, 2.24) is 0 Å². The molecule has 208 valence electrons. The van der Waals surface area contributed by atoms with E-state index in [9.17, 15) is 35.7 Å². The molecule has 0 aromatic rings. The highest BCUT2D eigenvalue weighted by Crippen LogP contribution is 2.29. The van der Waals surface area contributed by atoms with Gasteiger partial charge in [-0.3, -0.25) is 0 Å². The van der Waals surface area contributed by atoms with Gasteiger partial charge in [0.05, 0.1) is 13.2 Å². The summed E-state index contributed by atoms with van der Waals surface area (Å²) in [6.45, 7) is 1.31. The van der Waals surface area contributed by atoms with E-state index >= 15 is 0 Å². The minimum absolute atomic E-state index is 0.321. The quantitative estimate of drug-likeness (QED) is 0.134. The van der Waals surface area contributed by atoms with Crippen molar-refractivity contribution in [2.24, 2.45) is 0 Å². The second-order valence-electron chi connectivity index (χ2n) is 9.56. The minimum Gasteiger partial charge on any atom is -0.394 e. The van der Waals surface area contributed by atoms with Crippen LogP contribution in [0, 0.1) is 0 Å². The van der Waals surface area contributed by atoms with Crippen LogP contribution in [0.1, 0.15) is 71.1 Å². The van der Waals surface area contributed by atoms with Crippen LogP contribution < -0.4 is 0 Å². The number of aliphatic hydroxyl groups is 7. The maximum absolute atomic E-state index is 10.6. The predicted molar refractivity (Wildman–Crippen MR) is 124 cm³/mol. The van der Waals surface area contributed by atoms with E-state index in [0.29, 0.717) is 6.61 Å². The van der Waals surface area contributed by atoms with Gasteiger partial charge in [0.25, 0.3) is 0 Å². The summed E-state index contributed by atoms with van der Waals surface area (Å²) in [5, 5.41) is 70.1. The average molecular weight is 511 g/mol. The summed E-state index contributed by atoms with van der Waals surface area (Å²) in [5.74, 6) is 0. The van der Waals surface area contributed by atoms with Crippen LogP contribution in [-0.4, -0.2) is 117 Å². The SMILES string of the molecule is CCCCCCCCCCCCO[C@H]1O[C@H](CO)[C@@H](O[C@H]2O[C@H](CO)[C@H](O)[C@H](O)[C@H]2O)[C@H](O)[C@H]1O. The standard InChI is InChI=1S/C24H46O11/c1-2-3-4-5-6-7-8-9-10-11-12-32-23-21(31)19(29)22(16(14-26)34-23)35-24-20(30)18(28)17(27)15(13-25)33-24/h15-31H,2-14H2,1H3/t15-,16-,17+,18+,19-,20-,21-,22-,23+,24-/m1/s1. The summed E-state index contributed by atoms with van der Waals surface area (Å²) < 4.78 is 22.0. The van der Waals surface area contributed by atoms with Gasteiger partial charge in [0, 0.05) is 6.61 Å². The third-order valence-corrected chi connectivity index (χ3v) is 6.74. The number of ether oxygens (including phenoxy) is 4. The lowest BCUT2D eigenvalue weighted by Gasteiger charge is -2.45. The lowest BCUT2D eigenvalue weighted by atomic mass is 9.97. The molecule has 0 saturated carbocycles. The number of hydrogen-bond donors (Lipinski definition) is 7. The molecule has 2 aliphatic rings. The van der Waals surface area contributed by atoms with Crippen LogP contribution in [-0.2, 0) is 18.9 Å². The summed E-state index contributed by atoms with van der Waals surface area (Å²) in [7, 11) is 0. The highest BCUT2D eigenvalue weighted by molar-refractivity contribution is 4.94. The summed E-state index contributed by atoms with van der Waals surface area (Å²) >= 11 is 0. The first-order valence-electron chi connectivity index (χ1n) is 13.1. The first kappa shape index (κ1) is 30.8. The van der Waals surface area contributed by atoms with Gasteiger partial charge in [-0.2, -0.15) is 0 Å². The van der Waals surface area contributed by atoms with Crippen molar-refractivity contribution in [3.63, 3.8) is 0 Å². The van der Waals surface area contributed by atoms with Crippen molar-refractivity contribution in [2.75, 3.05) is 19.8 Å². The molecule has 35 heavy (non-hydrogen) atoms. The molecule has 0 spiro atoms. The van der Waals surface area contributed by atoms with Crippen LogP contribution in [0.15, 0.2) is 0 Å². The summed E-state index contributed by atoms with van der Waals surface area (Å²) in [6, 6.07) is 0. The van der Waals surface area contributed by atoms with Gasteiger partial charge >= 0.3 is 0 Å². The Labute approximate surface area is 207 Å². The Balaban J connectivity index is 1.74. The molecule has 2 rings (SSSR count). The van der Waals surface area contributed by atoms with Crippen molar-refractivity contribution in [3.8, 4) is 0 Å². The molecule has 0 amide bonds. The minimum atomic E-state index is -1.69. The second kappa shape index (κ2) is 16.4. The maximum Gasteiger partial charge on any atom is 0.187 e. The normalized spacial score (nSPS) is 38.1. The number of rotatable bonds is 16. The van der Waals surface area contributed by atoms with Crippen LogP contribution in [0.4, 0.5) is 0 Å². The Kier molecular flexibility index (Phi) is 14.4. The Hall–Kier alpha value is -0.440. The zero-order valence-corrected chi connectivity index (χ0v) is 20.7. The van der Waals surface area contributed by atoms with Crippen LogP contribution in [0.25, 0.3) is 0 Å². The molecule has 0 unspecified atom stereocenters. The fourth-order valence-corrected chi connectivity index (χ4v) is 4.48. The van der Waals surface area contributed by atoms with Gasteiger partial charge in [-0.05, 0) is 6.42 Å². The molecule has 0 radical (unpaired) electrons. The van der Waals surface area contributed by atoms with Crippen molar-refractivity contribution < 1.29 is 54.7 Å². The third kappa shape index (κ3) is 9.11. The fraction of sp³-hybridized carbons (Fsp3) is 1.00. The van der Waals surface area contributed by atoms with E-state index in [2.05, 4.69) is 6.92 Å². The molecule has 2 heterocycles. The summed E-state index contributed by atoms with van der Waals surface area (Å²) in [4.78, 5) is 0. The van der Waals surface area contributed by atoms with Crippen molar-refractivity contribution in [1.29, 1.82) is 0 Å². The Morgan fingerprint density at radius 1 is 0.571 bits per heavy atom. The lowest BCUT2D eigenvalue weighted by Crippen LogP contribution is -2.64. The van der Waals surface area contributed by atoms with Gasteiger partial charge in [0.2, 0.25) is 0 Å². The average Bonchev–Trinajstić information content (AvgIpc) is 2.86. The van der Waals surface area contributed by atoms with Gasteiger partial charge in [0.1, 0.15) is 48.8 Å². The van der Waals surface area contributed by atoms with E-state index in [-0.39, 0.29) is 0 Å². The van der Waals surface area contributed by atoms with E-state index in [1.165, 1.54) is 44.9 Å². The monoisotopic (exact) mass is 510 g/mol. The Bertz CT molecular complexity index is 550. The van der Waals surface area contributed by atoms with E-state index in [0.717, 1.165) is 19.3 Å². The van der Waals surface area contributed by atoms with E-state index in [4.69, 9.17) is 18.9 Å². The topological polar surface area (TPSA) is 179 Å². The molecule has 10 atom stereocenters. The molecule has 0 aromatic carbocycles. The van der Waals surface area contributed by atoms with Crippen LogP contribution in [0.2, 0.25) is 0 Å². The Morgan fingerprint density at radius 3 is 1.66 bits per heavy atom. The van der Waals surface area contributed by atoms with E-state index < -0.39 is 74.6 Å². The zero-order chi connectivity index (χ0) is 25.8. The molecule has 2 fully saturated rings. The van der Waals surface area contributed by atoms with Gasteiger partial charge < -0.3 is 54.7 Å². The number of hydrogen-bond acceptors (Lipinski definition) is 11. The van der Waals surface area contributed by atoms with Gasteiger partial charge in [-0.25, -0.2) is 0 Å². The van der Waals surface area contributed by atoms with Crippen molar-refractivity contribution in [3.05, 3.63) is 0 Å². The molecule has 0 aliphatic carbocycles. The molecule has 11 heteroatoms. The largest absolute Gasteiger partial charge is 0.394 e. The maximum atomic E-state index is 10.6.